The number of aliphatic carboxylic acids is 1. The van der Waals surface area contributed by atoms with Crippen molar-refractivity contribution in [2.45, 2.75) is 19.1 Å². The highest BCUT2D eigenvalue weighted by atomic mass is 19.2. The van der Waals surface area contributed by atoms with Crippen molar-refractivity contribution in [3.8, 4) is 0 Å². The molecule has 0 fully saturated rings. The Labute approximate surface area is 206 Å². The smallest absolute Gasteiger partial charge is 0.309 e. The van der Waals surface area contributed by atoms with Crippen LogP contribution >= 0.6 is 0 Å². The lowest BCUT2D eigenvalue weighted by molar-refractivity contribution is -0.146. The number of fused-ring (bicyclic) bond motifs is 1. The van der Waals surface area contributed by atoms with Crippen LogP contribution in [0.1, 0.15) is 28.4 Å². The number of benzene rings is 3. The molecule has 2 atom stereocenters. The van der Waals surface area contributed by atoms with Crippen molar-refractivity contribution in [3.63, 3.8) is 0 Å². The van der Waals surface area contributed by atoms with Gasteiger partial charge in [0, 0.05) is 12.2 Å². The molecule has 4 rings (SSSR count). The average Bonchev–Trinajstić information content (AvgIpc) is 2.89. The average molecular weight is 512 g/mol. The fourth-order valence-electron chi connectivity index (χ4n) is 3.74. The zero-order valence-electron chi connectivity index (χ0n) is 18.9. The predicted molar refractivity (Wildman–Crippen MR) is 125 cm³/mol. The van der Waals surface area contributed by atoms with E-state index in [0.717, 1.165) is 10.7 Å². The van der Waals surface area contributed by atoms with Crippen molar-refractivity contribution in [3.05, 3.63) is 99.6 Å². The second-order valence-corrected chi connectivity index (χ2v) is 8.11. The minimum Gasteiger partial charge on any atom is -0.481 e. The van der Waals surface area contributed by atoms with Gasteiger partial charge in [0.2, 0.25) is 0 Å². The van der Waals surface area contributed by atoms with Crippen LogP contribution in [0.5, 0.6) is 0 Å². The fourth-order valence-corrected chi connectivity index (χ4v) is 3.74. The summed E-state index contributed by atoms with van der Waals surface area (Å²) in [6.45, 7) is -0.112. The molecule has 0 aliphatic carbocycles. The number of halogens is 3. The first-order valence-corrected chi connectivity index (χ1v) is 11.0. The van der Waals surface area contributed by atoms with Gasteiger partial charge in [-0.3, -0.25) is 14.4 Å². The molecule has 37 heavy (non-hydrogen) atoms. The summed E-state index contributed by atoms with van der Waals surface area (Å²) in [4.78, 5) is 36.7. The molecule has 1 aromatic heterocycles. The molecule has 0 radical (unpaired) electrons. The van der Waals surface area contributed by atoms with Crippen LogP contribution in [0.15, 0.2) is 65.5 Å². The van der Waals surface area contributed by atoms with Gasteiger partial charge in [0.05, 0.1) is 23.0 Å². The maximum Gasteiger partial charge on any atom is 0.309 e. The number of carbonyl (C=O) groups is 2. The number of carboxylic acids is 1. The molecular weight excluding hydrogens is 493 g/mol. The lowest BCUT2D eigenvalue weighted by Crippen LogP contribution is -2.29. The van der Waals surface area contributed by atoms with E-state index in [9.17, 15) is 37.8 Å². The van der Waals surface area contributed by atoms with Crippen molar-refractivity contribution in [2.24, 2.45) is 5.92 Å². The number of aliphatic hydroxyl groups is 1. The normalized spacial score (nSPS) is 12.8. The first-order valence-electron chi connectivity index (χ1n) is 11.0. The molecule has 0 unspecified atom stereocenters. The van der Waals surface area contributed by atoms with Crippen LogP contribution in [0.2, 0.25) is 0 Å². The SMILES string of the molecule is O=C(Nc1ccc([C@@H](O)[C@H](CCn2nnc3ccccc3c2=O)C(=O)O)cc1)c1ccc(F)c(F)c1F. The number of aromatic nitrogens is 3. The van der Waals surface area contributed by atoms with Crippen LogP contribution in [-0.2, 0) is 11.3 Å². The molecule has 0 aliphatic rings. The number of carboxylic acid groups (broad SMARTS) is 1. The van der Waals surface area contributed by atoms with Gasteiger partial charge in [-0.25, -0.2) is 17.9 Å². The van der Waals surface area contributed by atoms with Crippen molar-refractivity contribution < 1.29 is 33.0 Å². The molecule has 3 N–H and O–H groups in total. The molecule has 0 spiro atoms. The summed E-state index contributed by atoms with van der Waals surface area (Å²) in [6, 6.07) is 13.3. The molecular formula is C25H19F3N4O5. The monoisotopic (exact) mass is 512 g/mol. The minimum absolute atomic E-state index is 0.112. The number of hydrogen-bond donors (Lipinski definition) is 3. The van der Waals surface area contributed by atoms with E-state index < -0.39 is 52.5 Å². The lowest BCUT2D eigenvalue weighted by atomic mass is 9.92. The second-order valence-electron chi connectivity index (χ2n) is 8.11. The Balaban J connectivity index is 1.46. The van der Waals surface area contributed by atoms with Crippen LogP contribution in [-0.4, -0.2) is 37.1 Å². The summed E-state index contributed by atoms with van der Waals surface area (Å²) in [5.74, 6) is -8.49. The molecule has 4 aromatic rings. The summed E-state index contributed by atoms with van der Waals surface area (Å²) in [5, 5.41) is 30.8. The summed E-state index contributed by atoms with van der Waals surface area (Å²) in [7, 11) is 0. The van der Waals surface area contributed by atoms with E-state index in [1.54, 1.807) is 24.3 Å². The highest BCUT2D eigenvalue weighted by molar-refractivity contribution is 6.04. The summed E-state index contributed by atoms with van der Waals surface area (Å²) in [5.41, 5.74) is -0.419. The van der Waals surface area contributed by atoms with Crippen molar-refractivity contribution in [1.82, 2.24) is 15.0 Å². The van der Waals surface area contributed by atoms with Gasteiger partial charge < -0.3 is 15.5 Å². The third-order valence-electron chi connectivity index (χ3n) is 5.77. The molecule has 12 heteroatoms. The van der Waals surface area contributed by atoms with Gasteiger partial charge in [-0.15, -0.1) is 5.10 Å². The van der Waals surface area contributed by atoms with Crippen LogP contribution in [0.25, 0.3) is 10.9 Å². The van der Waals surface area contributed by atoms with E-state index in [4.69, 9.17) is 0 Å². The third-order valence-corrected chi connectivity index (χ3v) is 5.77. The Morgan fingerprint density at radius 1 is 0.973 bits per heavy atom. The standard InChI is InChI=1S/C25H19F3N4O5/c26-18-10-9-16(20(27)21(18)28)23(34)29-14-7-5-13(6-8-14)22(33)17(25(36)37)11-12-32-24(35)15-3-1-2-4-19(15)30-31-32/h1-10,17,22,33H,11-12H2,(H,29,34)(H,36,37)/t17-,22+/m0/s1. The van der Waals surface area contributed by atoms with Gasteiger partial charge in [-0.05, 0) is 48.4 Å². The highest BCUT2D eigenvalue weighted by Crippen LogP contribution is 2.27. The molecule has 0 saturated carbocycles. The molecule has 190 valence electrons. The number of rotatable bonds is 8. The number of aryl methyl sites for hydroxylation is 1. The Bertz CT molecular complexity index is 1540. The van der Waals surface area contributed by atoms with Crippen molar-refractivity contribution >= 4 is 28.5 Å². The number of anilines is 1. The molecule has 9 nitrogen and oxygen atoms in total. The minimum atomic E-state index is -1.78. The number of nitrogens with one attached hydrogen (secondary N) is 1. The van der Waals surface area contributed by atoms with Crippen molar-refractivity contribution in [2.75, 3.05) is 5.32 Å². The van der Waals surface area contributed by atoms with Gasteiger partial charge in [0.25, 0.3) is 11.5 Å². The molecule has 3 aromatic carbocycles. The summed E-state index contributed by atoms with van der Waals surface area (Å²) < 4.78 is 41.4. The van der Waals surface area contributed by atoms with Crippen molar-refractivity contribution in [1.29, 1.82) is 0 Å². The van der Waals surface area contributed by atoms with Crippen LogP contribution in [0.4, 0.5) is 18.9 Å². The first kappa shape index (κ1) is 25.5. The Morgan fingerprint density at radius 2 is 1.68 bits per heavy atom. The Morgan fingerprint density at radius 3 is 2.38 bits per heavy atom. The van der Waals surface area contributed by atoms with Gasteiger partial charge in [0.1, 0.15) is 5.52 Å². The summed E-state index contributed by atoms with van der Waals surface area (Å²) >= 11 is 0. The zero-order valence-corrected chi connectivity index (χ0v) is 18.9. The molecule has 0 saturated heterocycles. The quantitative estimate of drug-likeness (QED) is 0.309. The highest BCUT2D eigenvalue weighted by Gasteiger charge is 2.28. The zero-order chi connectivity index (χ0) is 26.7. The molecule has 1 amide bonds. The van der Waals surface area contributed by atoms with Gasteiger partial charge >= 0.3 is 5.97 Å². The van der Waals surface area contributed by atoms with E-state index in [1.807, 2.05) is 0 Å². The van der Waals surface area contributed by atoms with Crippen LogP contribution in [0.3, 0.4) is 0 Å². The van der Waals surface area contributed by atoms with Gasteiger partial charge in [-0.2, -0.15) is 0 Å². The first-order chi connectivity index (χ1) is 17.7. The lowest BCUT2D eigenvalue weighted by Gasteiger charge is -2.20. The predicted octanol–water partition coefficient (Wildman–Crippen LogP) is 3.29. The molecule has 0 bridgehead atoms. The van der Waals surface area contributed by atoms with Crippen LogP contribution < -0.4 is 10.9 Å². The number of nitrogens with zero attached hydrogens (tertiary/aromatic N) is 3. The number of carbonyl (C=O) groups excluding carboxylic acids is 1. The number of aliphatic hydroxyl groups excluding tert-OH is 1. The number of amides is 1. The Kier molecular flexibility index (Phi) is 7.30. The maximum atomic E-state index is 13.9. The molecule has 0 aliphatic heterocycles. The number of hydrogen-bond acceptors (Lipinski definition) is 6. The third kappa shape index (κ3) is 5.33. The van der Waals surface area contributed by atoms with E-state index in [0.29, 0.717) is 17.0 Å². The largest absolute Gasteiger partial charge is 0.481 e. The van der Waals surface area contributed by atoms with E-state index >= 15 is 0 Å². The summed E-state index contributed by atoms with van der Waals surface area (Å²) in [6.07, 6.45) is -1.62. The fraction of sp³-hybridized carbons (Fsp3) is 0.160. The van der Waals surface area contributed by atoms with E-state index in [2.05, 4.69) is 15.6 Å². The topological polar surface area (TPSA) is 134 Å². The van der Waals surface area contributed by atoms with E-state index in [-0.39, 0.29) is 24.2 Å². The van der Waals surface area contributed by atoms with Gasteiger partial charge in [0.15, 0.2) is 17.5 Å². The Hall–Kier alpha value is -4.58. The molecule has 1 heterocycles. The van der Waals surface area contributed by atoms with Gasteiger partial charge in [-0.1, -0.05) is 29.5 Å². The van der Waals surface area contributed by atoms with E-state index in [1.165, 1.54) is 24.3 Å². The van der Waals surface area contributed by atoms with Crippen LogP contribution in [0, 0.1) is 23.4 Å². The maximum absolute atomic E-state index is 13.9. The second kappa shape index (κ2) is 10.6.